The largest absolute Gasteiger partial charge is 0.342 e. The lowest BCUT2D eigenvalue weighted by atomic mass is 10.1. The van der Waals surface area contributed by atoms with E-state index in [2.05, 4.69) is 5.32 Å². The predicted molar refractivity (Wildman–Crippen MR) is 80.2 cm³/mol. The number of carbonyl (C=O) groups excluding carboxylic acids is 1. The Kier molecular flexibility index (Phi) is 6.65. The highest BCUT2D eigenvalue weighted by molar-refractivity contribution is 5.81. The highest BCUT2D eigenvalue weighted by atomic mass is 19.1. The molecule has 0 aliphatic heterocycles. The van der Waals surface area contributed by atoms with Gasteiger partial charge in [0.05, 0.1) is 6.04 Å². The zero-order valence-corrected chi connectivity index (χ0v) is 12.9. The number of aryl methyl sites for hydroxylation is 1. The molecule has 1 amide bonds. The molecule has 4 heteroatoms. The minimum Gasteiger partial charge on any atom is -0.342 e. The molecular weight excluding hydrogens is 255 g/mol. The molecule has 20 heavy (non-hydrogen) atoms. The number of hydrogen-bond donors (Lipinski definition) is 1. The maximum Gasteiger partial charge on any atom is 0.239 e. The highest BCUT2D eigenvalue weighted by Crippen LogP contribution is 2.10. The molecule has 0 fully saturated rings. The normalized spacial score (nSPS) is 12.2. The first-order valence-electron chi connectivity index (χ1n) is 7.26. The van der Waals surface area contributed by atoms with Crippen molar-refractivity contribution in [1.29, 1.82) is 0 Å². The van der Waals surface area contributed by atoms with Crippen LogP contribution in [0.25, 0.3) is 0 Å². The third-order valence-corrected chi connectivity index (χ3v) is 3.60. The summed E-state index contributed by atoms with van der Waals surface area (Å²) in [4.78, 5) is 13.9. The minimum atomic E-state index is -0.204. The van der Waals surface area contributed by atoms with E-state index < -0.39 is 0 Å². The van der Waals surface area contributed by atoms with Crippen molar-refractivity contribution in [3.05, 3.63) is 35.1 Å². The molecule has 1 N–H and O–H groups in total. The van der Waals surface area contributed by atoms with Crippen molar-refractivity contribution in [2.45, 2.75) is 40.2 Å². The van der Waals surface area contributed by atoms with Crippen molar-refractivity contribution < 1.29 is 9.18 Å². The fourth-order valence-corrected chi connectivity index (χ4v) is 2.26. The van der Waals surface area contributed by atoms with Crippen LogP contribution in [-0.2, 0) is 11.2 Å². The van der Waals surface area contributed by atoms with Gasteiger partial charge in [0.25, 0.3) is 0 Å². The van der Waals surface area contributed by atoms with E-state index in [0.29, 0.717) is 6.54 Å². The Morgan fingerprint density at radius 1 is 1.35 bits per heavy atom. The number of nitrogens with one attached hydrogen (secondary N) is 1. The van der Waals surface area contributed by atoms with Crippen molar-refractivity contribution >= 4 is 5.91 Å². The zero-order valence-electron chi connectivity index (χ0n) is 12.9. The van der Waals surface area contributed by atoms with Gasteiger partial charge >= 0.3 is 0 Å². The van der Waals surface area contributed by atoms with E-state index in [1.807, 2.05) is 38.7 Å². The van der Waals surface area contributed by atoms with Gasteiger partial charge in [0.2, 0.25) is 5.91 Å². The quantitative estimate of drug-likeness (QED) is 0.832. The topological polar surface area (TPSA) is 32.3 Å². The number of amides is 1. The standard InChI is InChI=1S/C16H25FN2O/c1-5-19(6-2)16(20)13(4)18-10-9-14-7-8-15(17)11-12(14)3/h7-8,11,13,18H,5-6,9-10H2,1-4H3. The molecule has 0 spiro atoms. The molecule has 0 aliphatic carbocycles. The van der Waals surface area contributed by atoms with Gasteiger partial charge in [0, 0.05) is 13.1 Å². The van der Waals surface area contributed by atoms with Gasteiger partial charge in [-0.3, -0.25) is 4.79 Å². The molecule has 1 atom stereocenters. The summed E-state index contributed by atoms with van der Waals surface area (Å²) in [7, 11) is 0. The summed E-state index contributed by atoms with van der Waals surface area (Å²) in [6.07, 6.45) is 0.794. The molecule has 1 rings (SSSR count). The first kappa shape index (κ1) is 16.6. The van der Waals surface area contributed by atoms with Crippen molar-refractivity contribution in [3.63, 3.8) is 0 Å². The summed E-state index contributed by atoms with van der Waals surface area (Å²) in [5.41, 5.74) is 2.07. The first-order valence-corrected chi connectivity index (χ1v) is 7.26. The summed E-state index contributed by atoms with van der Waals surface area (Å²) in [6.45, 7) is 9.94. The second kappa shape index (κ2) is 8.00. The lowest BCUT2D eigenvalue weighted by molar-refractivity contribution is -0.132. The van der Waals surface area contributed by atoms with Crippen molar-refractivity contribution in [3.8, 4) is 0 Å². The Labute approximate surface area is 121 Å². The van der Waals surface area contributed by atoms with Crippen LogP contribution in [0.3, 0.4) is 0 Å². The number of nitrogens with zero attached hydrogens (tertiary/aromatic N) is 1. The summed E-state index contributed by atoms with van der Waals surface area (Å²) < 4.78 is 13.0. The van der Waals surface area contributed by atoms with E-state index in [1.165, 1.54) is 6.07 Å². The molecular formula is C16H25FN2O. The summed E-state index contributed by atoms with van der Waals surface area (Å²) in [5, 5.41) is 3.24. The van der Waals surface area contributed by atoms with Gasteiger partial charge in [-0.2, -0.15) is 0 Å². The highest BCUT2D eigenvalue weighted by Gasteiger charge is 2.17. The number of likely N-dealkylation sites (N-methyl/N-ethyl adjacent to an activating group) is 1. The first-order chi connectivity index (χ1) is 9.49. The predicted octanol–water partition coefficient (Wildman–Crippen LogP) is 2.52. The Bertz CT molecular complexity index is 444. The van der Waals surface area contributed by atoms with E-state index in [-0.39, 0.29) is 17.8 Å². The van der Waals surface area contributed by atoms with Crippen molar-refractivity contribution in [2.24, 2.45) is 0 Å². The summed E-state index contributed by atoms with van der Waals surface area (Å²) in [6, 6.07) is 4.64. The van der Waals surface area contributed by atoms with Crippen LogP contribution in [0.4, 0.5) is 4.39 Å². The van der Waals surface area contributed by atoms with Crippen molar-refractivity contribution in [1.82, 2.24) is 10.2 Å². The molecule has 0 aliphatic rings. The van der Waals surface area contributed by atoms with Crippen LogP contribution in [0.2, 0.25) is 0 Å². The number of rotatable bonds is 7. The summed E-state index contributed by atoms with van der Waals surface area (Å²) in [5.74, 6) is -0.0740. The van der Waals surface area contributed by atoms with Crippen LogP contribution >= 0.6 is 0 Å². The van der Waals surface area contributed by atoms with Crippen LogP contribution in [-0.4, -0.2) is 36.5 Å². The van der Waals surface area contributed by atoms with E-state index in [1.54, 1.807) is 6.07 Å². The Morgan fingerprint density at radius 2 is 2.00 bits per heavy atom. The maximum absolute atomic E-state index is 13.0. The zero-order chi connectivity index (χ0) is 15.1. The Hall–Kier alpha value is -1.42. The molecule has 0 radical (unpaired) electrons. The molecule has 112 valence electrons. The Balaban J connectivity index is 2.45. The number of carbonyl (C=O) groups is 1. The van der Waals surface area contributed by atoms with Gasteiger partial charge in [-0.05, 0) is 63.9 Å². The van der Waals surface area contributed by atoms with E-state index in [9.17, 15) is 9.18 Å². The monoisotopic (exact) mass is 280 g/mol. The van der Waals surface area contributed by atoms with Gasteiger partial charge in [-0.15, -0.1) is 0 Å². The van der Waals surface area contributed by atoms with Crippen LogP contribution < -0.4 is 5.32 Å². The van der Waals surface area contributed by atoms with Crippen LogP contribution in [0.5, 0.6) is 0 Å². The second-order valence-electron chi connectivity index (χ2n) is 5.01. The van der Waals surface area contributed by atoms with Gasteiger partial charge in [0.1, 0.15) is 5.82 Å². The van der Waals surface area contributed by atoms with E-state index in [0.717, 1.165) is 30.6 Å². The van der Waals surface area contributed by atoms with Crippen LogP contribution in [0.1, 0.15) is 31.9 Å². The third-order valence-electron chi connectivity index (χ3n) is 3.60. The minimum absolute atomic E-state index is 0.130. The van der Waals surface area contributed by atoms with Gasteiger partial charge in [-0.25, -0.2) is 4.39 Å². The molecule has 1 aromatic carbocycles. The molecule has 0 bridgehead atoms. The van der Waals surface area contributed by atoms with Gasteiger partial charge in [0.15, 0.2) is 0 Å². The maximum atomic E-state index is 13.0. The number of benzene rings is 1. The fraction of sp³-hybridized carbons (Fsp3) is 0.562. The Morgan fingerprint density at radius 3 is 2.55 bits per heavy atom. The van der Waals surface area contributed by atoms with Crippen molar-refractivity contribution in [2.75, 3.05) is 19.6 Å². The van der Waals surface area contributed by atoms with Gasteiger partial charge in [-0.1, -0.05) is 6.07 Å². The second-order valence-corrected chi connectivity index (χ2v) is 5.01. The lowest BCUT2D eigenvalue weighted by Crippen LogP contribution is -2.45. The molecule has 1 unspecified atom stereocenters. The van der Waals surface area contributed by atoms with E-state index >= 15 is 0 Å². The van der Waals surface area contributed by atoms with Crippen LogP contribution in [0.15, 0.2) is 18.2 Å². The average molecular weight is 280 g/mol. The number of hydrogen-bond acceptors (Lipinski definition) is 2. The molecule has 0 aromatic heterocycles. The third kappa shape index (κ3) is 4.60. The van der Waals surface area contributed by atoms with E-state index in [4.69, 9.17) is 0 Å². The van der Waals surface area contributed by atoms with Crippen LogP contribution in [0, 0.1) is 12.7 Å². The smallest absolute Gasteiger partial charge is 0.239 e. The molecule has 0 saturated carbocycles. The van der Waals surface area contributed by atoms with Gasteiger partial charge < -0.3 is 10.2 Å². The molecule has 0 saturated heterocycles. The molecule has 1 aromatic rings. The average Bonchev–Trinajstić information content (AvgIpc) is 2.42. The lowest BCUT2D eigenvalue weighted by Gasteiger charge is -2.23. The molecule has 3 nitrogen and oxygen atoms in total. The summed E-state index contributed by atoms with van der Waals surface area (Å²) >= 11 is 0. The fourth-order valence-electron chi connectivity index (χ4n) is 2.26. The molecule has 0 heterocycles. The SMILES string of the molecule is CCN(CC)C(=O)C(C)NCCc1ccc(F)cc1C. The number of halogens is 1.